The summed E-state index contributed by atoms with van der Waals surface area (Å²) < 4.78 is 1.63. The van der Waals surface area contributed by atoms with Crippen molar-refractivity contribution in [1.29, 1.82) is 0 Å². The standard InChI is InChI=1S/C26H21N5O4/c1-31-10-27-20-24(31)29-26(30-25(20)35)28-19-18-14-8-7-12-4-2-3-11-5-6-13(17(14)16(11)12)9-15(18)21(32)23(34)22(19)33/h2-10,19,21-23,32-34H,1H3,(H2,28,29,30,35)/t19-,21+,22+,23-/m0/s1. The maximum atomic E-state index is 12.6. The van der Waals surface area contributed by atoms with Gasteiger partial charge in [-0.15, -0.1) is 0 Å². The second kappa shape index (κ2) is 6.98. The second-order valence-electron chi connectivity index (χ2n) is 9.23. The minimum absolute atomic E-state index is 0.135. The molecule has 0 radical (unpaired) electrons. The first-order chi connectivity index (χ1) is 16.9. The molecular weight excluding hydrogens is 446 g/mol. The number of anilines is 1. The highest BCUT2D eigenvalue weighted by atomic mass is 16.4. The van der Waals surface area contributed by atoms with Crippen LogP contribution in [0.3, 0.4) is 0 Å². The molecule has 174 valence electrons. The predicted octanol–water partition coefficient (Wildman–Crippen LogP) is 2.48. The number of H-pyrrole nitrogens is 1. The van der Waals surface area contributed by atoms with Crippen LogP contribution in [0.5, 0.6) is 0 Å². The Morgan fingerprint density at radius 3 is 2.51 bits per heavy atom. The monoisotopic (exact) mass is 467 g/mol. The average molecular weight is 467 g/mol. The van der Waals surface area contributed by atoms with Gasteiger partial charge < -0.3 is 25.2 Å². The molecule has 9 nitrogen and oxygen atoms in total. The number of hydrogen-bond donors (Lipinski definition) is 5. The van der Waals surface area contributed by atoms with Crippen molar-refractivity contribution in [2.45, 2.75) is 24.4 Å². The van der Waals surface area contributed by atoms with Gasteiger partial charge in [0.2, 0.25) is 5.95 Å². The number of hydrogen-bond acceptors (Lipinski definition) is 7. The molecule has 5 N–H and O–H groups in total. The highest BCUT2D eigenvalue weighted by molar-refractivity contribution is 6.24. The molecule has 0 bridgehead atoms. The van der Waals surface area contributed by atoms with Crippen molar-refractivity contribution in [1.82, 2.24) is 19.5 Å². The lowest BCUT2D eigenvalue weighted by Crippen LogP contribution is -2.44. The van der Waals surface area contributed by atoms with Gasteiger partial charge in [0, 0.05) is 7.05 Å². The zero-order valence-corrected chi connectivity index (χ0v) is 18.6. The summed E-state index contributed by atoms with van der Waals surface area (Å²) in [5, 5.41) is 42.0. The van der Waals surface area contributed by atoms with Crippen molar-refractivity contribution in [3.05, 3.63) is 76.3 Å². The quantitative estimate of drug-likeness (QED) is 0.247. The zero-order chi connectivity index (χ0) is 24.0. The number of fused-ring (bicyclic) bond motifs is 3. The number of nitrogens with one attached hydrogen (secondary N) is 2. The van der Waals surface area contributed by atoms with Gasteiger partial charge in [-0.1, -0.05) is 42.5 Å². The summed E-state index contributed by atoms with van der Waals surface area (Å²) in [5.41, 5.74) is 1.36. The Morgan fingerprint density at radius 2 is 1.71 bits per heavy atom. The topological polar surface area (TPSA) is 136 Å². The van der Waals surface area contributed by atoms with Crippen molar-refractivity contribution >= 4 is 49.4 Å². The Bertz CT molecular complexity index is 1830. The van der Waals surface area contributed by atoms with E-state index in [1.807, 2.05) is 36.4 Å². The van der Waals surface area contributed by atoms with Gasteiger partial charge in [0.05, 0.1) is 12.4 Å². The molecule has 0 amide bonds. The van der Waals surface area contributed by atoms with Crippen LogP contribution in [0.15, 0.2) is 59.7 Å². The van der Waals surface area contributed by atoms with E-state index in [4.69, 9.17) is 0 Å². The number of aliphatic hydroxyl groups excluding tert-OH is 3. The number of aliphatic hydroxyl groups is 3. The van der Waals surface area contributed by atoms with E-state index < -0.39 is 29.9 Å². The summed E-state index contributed by atoms with van der Waals surface area (Å²) in [5.74, 6) is 0.135. The van der Waals surface area contributed by atoms with E-state index in [0.717, 1.165) is 32.3 Å². The van der Waals surface area contributed by atoms with Crippen LogP contribution in [-0.4, -0.2) is 47.0 Å². The highest BCUT2D eigenvalue weighted by Crippen LogP contribution is 2.46. The van der Waals surface area contributed by atoms with E-state index in [1.165, 1.54) is 6.33 Å². The second-order valence-corrected chi connectivity index (χ2v) is 9.23. The van der Waals surface area contributed by atoms with Gasteiger partial charge in [0.1, 0.15) is 18.3 Å². The molecule has 0 unspecified atom stereocenters. The summed E-state index contributed by atoms with van der Waals surface area (Å²) in [7, 11) is 1.74. The Hall–Kier alpha value is -4.05. The molecule has 6 aromatic rings. The maximum absolute atomic E-state index is 12.6. The van der Waals surface area contributed by atoms with Crippen LogP contribution in [0.1, 0.15) is 23.3 Å². The number of aryl methyl sites for hydroxylation is 1. The molecule has 1 aliphatic carbocycles. The first-order valence-electron chi connectivity index (χ1n) is 11.3. The summed E-state index contributed by atoms with van der Waals surface area (Å²) in [4.78, 5) is 23.8. The van der Waals surface area contributed by atoms with E-state index in [0.29, 0.717) is 16.8 Å². The van der Waals surface area contributed by atoms with Gasteiger partial charge in [-0.3, -0.25) is 9.78 Å². The number of rotatable bonds is 2. The first kappa shape index (κ1) is 20.3. The fourth-order valence-electron chi connectivity index (χ4n) is 5.57. The Kier molecular flexibility index (Phi) is 4.06. The van der Waals surface area contributed by atoms with Crippen LogP contribution in [0.4, 0.5) is 5.95 Å². The molecule has 0 spiro atoms. The van der Waals surface area contributed by atoms with Gasteiger partial charge in [0.25, 0.3) is 5.56 Å². The van der Waals surface area contributed by atoms with Gasteiger partial charge in [-0.05, 0) is 49.5 Å². The number of nitrogens with zero attached hydrogens (tertiary/aromatic N) is 3. The van der Waals surface area contributed by atoms with Crippen molar-refractivity contribution < 1.29 is 15.3 Å². The number of imidazole rings is 1. The predicted molar refractivity (Wildman–Crippen MR) is 133 cm³/mol. The summed E-state index contributed by atoms with van der Waals surface area (Å²) in [6, 6.07) is 15.2. The smallest absolute Gasteiger partial charge is 0.280 e. The van der Waals surface area contributed by atoms with Crippen molar-refractivity contribution in [3.8, 4) is 0 Å². The Morgan fingerprint density at radius 1 is 0.971 bits per heavy atom. The molecule has 0 aliphatic heterocycles. The van der Waals surface area contributed by atoms with Gasteiger partial charge in [-0.2, -0.15) is 4.98 Å². The van der Waals surface area contributed by atoms with E-state index in [2.05, 4.69) is 32.4 Å². The summed E-state index contributed by atoms with van der Waals surface area (Å²) in [6.45, 7) is 0. The molecule has 35 heavy (non-hydrogen) atoms. The minimum Gasteiger partial charge on any atom is -0.388 e. The Labute approximate surface area is 197 Å². The van der Waals surface area contributed by atoms with E-state index in [1.54, 1.807) is 11.6 Å². The third kappa shape index (κ3) is 2.71. The molecule has 4 aromatic carbocycles. The van der Waals surface area contributed by atoms with Gasteiger partial charge in [-0.25, -0.2) is 4.98 Å². The molecule has 2 aromatic heterocycles. The van der Waals surface area contributed by atoms with Crippen LogP contribution in [0.2, 0.25) is 0 Å². The highest BCUT2D eigenvalue weighted by Gasteiger charge is 2.42. The normalized spacial score (nSPS) is 22.4. The van der Waals surface area contributed by atoms with Crippen LogP contribution in [-0.2, 0) is 7.05 Å². The zero-order valence-electron chi connectivity index (χ0n) is 18.6. The van der Waals surface area contributed by atoms with Gasteiger partial charge >= 0.3 is 0 Å². The van der Waals surface area contributed by atoms with Crippen molar-refractivity contribution in [2.75, 3.05) is 5.32 Å². The van der Waals surface area contributed by atoms with Crippen molar-refractivity contribution in [3.63, 3.8) is 0 Å². The Balaban J connectivity index is 1.50. The molecule has 2 heterocycles. The molecule has 7 rings (SSSR count). The third-order valence-corrected chi connectivity index (χ3v) is 7.23. The molecule has 9 heteroatoms. The fraction of sp³-hybridized carbons (Fsp3) is 0.192. The third-order valence-electron chi connectivity index (χ3n) is 7.23. The summed E-state index contributed by atoms with van der Waals surface area (Å²) >= 11 is 0. The first-order valence-corrected chi connectivity index (χ1v) is 11.3. The lowest BCUT2D eigenvalue weighted by molar-refractivity contribution is -0.0767. The molecule has 1 aliphatic rings. The van der Waals surface area contributed by atoms with E-state index in [-0.39, 0.29) is 11.5 Å². The molecular formula is C26H21N5O4. The number of benzene rings is 4. The molecule has 0 saturated heterocycles. The molecule has 0 saturated carbocycles. The van der Waals surface area contributed by atoms with Gasteiger partial charge in [0.15, 0.2) is 11.2 Å². The molecule has 4 atom stereocenters. The minimum atomic E-state index is -1.43. The van der Waals surface area contributed by atoms with Crippen molar-refractivity contribution in [2.24, 2.45) is 7.05 Å². The number of aromatic nitrogens is 4. The lowest BCUT2D eigenvalue weighted by atomic mass is 9.77. The van der Waals surface area contributed by atoms with Crippen LogP contribution >= 0.6 is 0 Å². The lowest BCUT2D eigenvalue weighted by Gasteiger charge is -2.38. The maximum Gasteiger partial charge on any atom is 0.280 e. The summed E-state index contributed by atoms with van der Waals surface area (Å²) in [6.07, 6.45) is -2.55. The SMILES string of the molecule is Cn1cnc2c(=O)[nH]c(N[C@H]3c4c(cc5ccc6cccc7ccc4c5c67)[C@@H](O)[C@H](O)[C@@H]3O)nc21. The van der Waals surface area contributed by atoms with Crippen LogP contribution in [0.25, 0.3) is 43.5 Å². The van der Waals surface area contributed by atoms with E-state index >= 15 is 0 Å². The van der Waals surface area contributed by atoms with E-state index in [9.17, 15) is 20.1 Å². The van der Waals surface area contributed by atoms with Crippen LogP contribution in [0, 0.1) is 0 Å². The molecule has 0 fully saturated rings. The fourth-order valence-corrected chi connectivity index (χ4v) is 5.57. The largest absolute Gasteiger partial charge is 0.388 e. The number of aromatic amines is 1. The average Bonchev–Trinajstić information content (AvgIpc) is 3.24. The van der Waals surface area contributed by atoms with Crippen LogP contribution < -0.4 is 10.9 Å².